The van der Waals surface area contributed by atoms with Crippen molar-refractivity contribution in [1.82, 2.24) is 19.9 Å². The molecule has 7 rings (SSSR count). The van der Waals surface area contributed by atoms with Gasteiger partial charge in [-0.25, -0.2) is 9.97 Å². The molecule has 9 nitrogen and oxygen atoms in total. The van der Waals surface area contributed by atoms with Crippen LogP contribution in [0.3, 0.4) is 0 Å². The van der Waals surface area contributed by atoms with Crippen LogP contribution >= 0.6 is 11.8 Å². The first-order valence-corrected chi connectivity index (χ1v) is 16.1. The third-order valence-electron chi connectivity index (χ3n) is 7.83. The lowest BCUT2D eigenvalue weighted by atomic mass is 10.0. The molecule has 0 saturated heterocycles. The zero-order chi connectivity index (χ0) is 32.3. The molecule has 1 aliphatic rings. The minimum Gasteiger partial charge on any atom is -0.340 e. The van der Waals surface area contributed by atoms with Crippen LogP contribution in [0, 0.1) is 0 Å². The molecule has 3 N–H and O–H groups in total. The summed E-state index contributed by atoms with van der Waals surface area (Å²) in [5.74, 6) is -0.400. The summed E-state index contributed by atoms with van der Waals surface area (Å²) in [6.45, 7) is -0.0167. The summed E-state index contributed by atoms with van der Waals surface area (Å²) in [6, 6.07) is 34.9. The van der Waals surface area contributed by atoms with Crippen molar-refractivity contribution in [2.45, 2.75) is 11.7 Å². The summed E-state index contributed by atoms with van der Waals surface area (Å²) >= 11 is 1.50. The maximum Gasteiger partial charge on any atom is 0.261 e. The molecule has 0 aliphatic carbocycles. The van der Waals surface area contributed by atoms with E-state index in [4.69, 9.17) is 4.98 Å². The molecule has 3 heterocycles. The van der Waals surface area contributed by atoms with Gasteiger partial charge >= 0.3 is 0 Å². The van der Waals surface area contributed by atoms with Gasteiger partial charge in [0, 0.05) is 34.3 Å². The molecule has 0 spiro atoms. The summed E-state index contributed by atoms with van der Waals surface area (Å²) in [5.41, 5.74) is 6.44. The number of imidazole rings is 1. The van der Waals surface area contributed by atoms with E-state index in [9.17, 15) is 14.4 Å². The molecular formula is C37H28N6O3S. The van der Waals surface area contributed by atoms with Crippen LogP contribution in [0.5, 0.6) is 0 Å². The molecular weight excluding hydrogens is 609 g/mol. The highest BCUT2D eigenvalue weighted by molar-refractivity contribution is 7.98. The van der Waals surface area contributed by atoms with Crippen LogP contribution in [0.4, 0.5) is 17.2 Å². The summed E-state index contributed by atoms with van der Waals surface area (Å²) in [4.78, 5) is 53.6. The minimum absolute atomic E-state index is 0.0167. The Labute approximate surface area is 275 Å². The van der Waals surface area contributed by atoms with Crippen LogP contribution in [0.15, 0.2) is 127 Å². The number of anilines is 3. The molecule has 0 unspecified atom stereocenters. The number of aromatic nitrogens is 3. The predicted octanol–water partition coefficient (Wildman–Crippen LogP) is 7.65. The number of nitrogens with one attached hydrogen (secondary N) is 3. The Kier molecular flexibility index (Phi) is 8.07. The number of para-hydroxylation sites is 1. The molecule has 3 amide bonds. The molecule has 10 heteroatoms. The second-order valence-electron chi connectivity index (χ2n) is 10.8. The van der Waals surface area contributed by atoms with Gasteiger partial charge in [0.15, 0.2) is 5.16 Å². The zero-order valence-corrected chi connectivity index (χ0v) is 26.0. The molecule has 2 aromatic heterocycles. The highest BCUT2D eigenvalue weighted by Crippen LogP contribution is 2.34. The van der Waals surface area contributed by atoms with Crippen molar-refractivity contribution < 1.29 is 14.4 Å². The minimum atomic E-state index is -0.370. The Morgan fingerprint density at radius 1 is 0.787 bits per heavy atom. The number of thioether (sulfide) groups is 1. The Bertz CT molecular complexity index is 2110. The molecule has 0 bridgehead atoms. The van der Waals surface area contributed by atoms with Crippen molar-refractivity contribution in [3.63, 3.8) is 0 Å². The Hall–Kier alpha value is -6.00. The van der Waals surface area contributed by atoms with Crippen LogP contribution in [0.1, 0.15) is 36.6 Å². The lowest BCUT2D eigenvalue weighted by Gasteiger charge is -2.17. The molecule has 0 radical (unpaired) electrons. The number of rotatable bonds is 9. The standard InChI is InChI=1S/C37H28N6O3S/c1-47-37-41-32(33(42-37)24-18-19-38-31(21-24)39-26-12-3-2-4-13-26)23-11-9-14-27(20-23)40-34(44)28-15-6-5-10-25(28)22-43-35(45)29-16-7-8-17-30(29)36(43)46/h2-21H,22H2,1H3,(H,38,39)(H,40,44)(H,41,42). The second kappa shape index (κ2) is 12.8. The van der Waals surface area contributed by atoms with E-state index in [2.05, 4.69) is 20.6 Å². The number of carbonyl (C=O) groups excluding carboxylic acids is 3. The number of imide groups is 1. The fourth-order valence-corrected chi connectivity index (χ4v) is 5.95. The number of hydrogen-bond donors (Lipinski definition) is 3. The maximum atomic E-state index is 13.6. The van der Waals surface area contributed by atoms with Crippen LogP contribution < -0.4 is 10.6 Å². The summed E-state index contributed by atoms with van der Waals surface area (Å²) in [7, 11) is 0. The first-order chi connectivity index (χ1) is 23.0. The number of amides is 3. The Morgan fingerprint density at radius 2 is 1.49 bits per heavy atom. The fourth-order valence-electron chi connectivity index (χ4n) is 5.57. The van der Waals surface area contributed by atoms with E-state index in [1.165, 1.54) is 16.7 Å². The van der Waals surface area contributed by atoms with Gasteiger partial charge in [0.25, 0.3) is 17.7 Å². The second-order valence-corrected chi connectivity index (χ2v) is 11.6. The smallest absolute Gasteiger partial charge is 0.261 e. The number of carbonyl (C=O) groups is 3. The van der Waals surface area contributed by atoms with E-state index in [0.717, 1.165) is 33.4 Å². The molecule has 0 fully saturated rings. The number of H-pyrrole nitrogens is 1. The lowest BCUT2D eigenvalue weighted by molar-refractivity contribution is 0.0640. The van der Waals surface area contributed by atoms with Gasteiger partial charge in [0.05, 0.1) is 29.1 Å². The van der Waals surface area contributed by atoms with E-state index < -0.39 is 0 Å². The Morgan fingerprint density at radius 3 is 2.26 bits per heavy atom. The van der Waals surface area contributed by atoms with Gasteiger partial charge in [-0.05, 0) is 66.4 Å². The molecule has 4 aromatic carbocycles. The van der Waals surface area contributed by atoms with E-state index in [-0.39, 0.29) is 24.3 Å². The van der Waals surface area contributed by atoms with Crippen molar-refractivity contribution in [2.75, 3.05) is 16.9 Å². The van der Waals surface area contributed by atoms with Crippen molar-refractivity contribution in [1.29, 1.82) is 0 Å². The summed E-state index contributed by atoms with van der Waals surface area (Å²) in [5, 5.41) is 7.09. The van der Waals surface area contributed by atoms with Crippen LogP contribution in [-0.4, -0.2) is 43.8 Å². The van der Waals surface area contributed by atoms with Crippen LogP contribution in [0.25, 0.3) is 22.5 Å². The third-order valence-corrected chi connectivity index (χ3v) is 8.41. The van der Waals surface area contributed by atoms with E-state index in [0.29, 0.717) is 33.8 Å². The molecule has 230 valence electrons. The van der Waals surface area contributed by atoms with Crippen molar-refractivity contribution in [2.24, 2.45) is 0 Å². The first kappa shape index (κ1) is 29.7. The van der Waals surface area contributed by atoms with Gasteiger partial charge in [-0.15, -0.1) is 0 Å². The highest BCUT2D eigenvalue weighted by atomic mass is 32.2. The third kappa shape index (κ3) is 6.01. The number of benzene rings is 4. The van der Waals surface area contributed by atoms with Crippen LogP contribution in [-0.2, 0) is 6.54 Å². The molecule has 6 aromatic rings. The van der Waals surface area contributed by atoms with E-state index in [1.807, 2.05) is 73.0 Å². The number of aromatic amines is 1. The van der Waals surface area contributed by atoms with Gasteiger partial charge in [-0.3, -0.25) is 19.3 Å². The average molecular weight is 637 g/mol. The number of hydrogen-bond acceptors (Lipinski definition) is 7. The molecule has 1 aliphatic heterocycles. The number of fused-ring (bicyclic) bond motifs is 1. The topological polar surface area (TPSA) is 120 Å². The van der Waals surface area contributed by atoms with Gasteiger partial charge in [0.1, 0.15) is 5.82 Å². The van der Waals surface area contributed by atoms with E-state index in [1.54, 1.807) is 54.7 Å². The average Bonchev–Trinajstić information content (AvgIpc) is 3.65. The lowest BCUT2D eigenvalue weighted by Crippen LogP contribution is -2.30. The molecule has 47 heavy (non-hydrogen) atoms. The van der Waals surface area contributed by atoms with E-state index >= 15 is 0 Å². The zero-order valence-electron chi connectivity index (χ0n) is 25.2. The fraction of sp³-hybridized carbons (Fsp3) is 0.0541. The number of pyridine rings is 1. The maximum absolute atomic E-state index is 13.6. The van der Waals surface area contributed by atoms with Crippen molar-refractivity contribution in [3.8, 4) is 22.5 Å². The number of nitrogens with zero attached hydrogens (tertiary/aromatic N) is 3. The molecule has 0 saturated carbocycles. The van der Waals surface area contributed by atoms with Gasteiger partial charge in [-0.1, -0.05) is 72.4 Å². The quantitative estimate of drug-likeness (QED) is 0.110. The SMILES string of the molecule is CSc1nc(-c2cccc(NC(=O)c3ccccc3CN3C(=O)c4ccccc4C3=O)c2)c(-c2ccnc(Nc3ccccc3)c2)[nH]1. The summed E-state index contributed by atoms with van der Waals surface area (Å²) < 4.78 is 0. The largest absolute Gasteiger partial charge is 0.340 e. The van der Waals surface area contributed by atoms with Gasteiger partial charge in [-0.2, -0.15) is 0 Å². The monoisotopic (exact) mass is 636 g/mol. The van der Waals surface area contributed by atoms with Crippen molar-refractivity contribution >= 4 is 46.7 Å². The molecule has 0 atom stereocenters. The summed E-state index contributed by atoms with van der Waals surface area (Å²) in [6.07, 6.45) is 3.71. The van der Waals surface area contributed by atoms with Crippen LogP contribution in [0.2, 0.25) is 0 Å². The van der Waals surface area contributed by atoms with Gasteiger partial charge < -0.3 is 15.6 Å². The van der Waals surface area contributed by atoms with Gasteiger partial charge in [0.2, 0.25) is 0 Å². The normalized spacial score (nSPS) is 12.2. The predicted molar refractivity (Wildman–Crippen MR) is 184 cm³/mol. The highest BCUT2D eigenvalue weighted by Gasteiger charge is 2.35. The Balaban J connectivity index is 1.14. The van der Waals surface area contributed by atoms with Crippen molar-refractivity contribution in [3.05, 3.63) is 144 Å². The first-order valence-electron chi connectivity index (χ1n) is 14.9.